The van der Waals surface area contributed by atoms with Crippen LogP contribution in [0, 0.1) is 5.92 Å². The van der Waals surface area contributed by atoms with Crippen molar-refractivity contribution in [3.05, 3.63) is 54.9 Å². The number of benzene rings is 1. The van der Waals surface area contributed by atoms with Crippen LogP contribution in [0.5, 0.6) is 0 Å². The Hall–Kier alpha value is -4.20. The van der Waals surface area contributed by atoms with Gasteiger partial charge in [-0.2, -0.15) is 5.10 Å². The highest BCUT2D eigenvalue weighted by Gasteiger charge is 2.19. The van der Waals surface area contributed by atoms with Crippen LogP contribution in [0.3, 0.4) is 0 Å². The molecule has 0 unspecified atom stereocenters. The minimum Gasteiger partial charge on any atom is -0.371 e. The van der Waals surface area contributed by atoms with Gasteiger partial charge in [0, 0.05) is 47.9 Å². The van der Waals surface area contributed by atoms with E-state index in [-0.39, 0.29) is 5.91 Å². The van der Waals surface area contributed by atoms with Gasteiger partial charge in [0.05, 0.1) is 28.8 Å². The zero-order chi connectivity index (χ0) is 26.9. The average Bonchev–Trinajstić information content (AvgIpc) is 3.62. The number of hydrogen-bond acceptors (Lipinski definition) is 5. The minimum absolute atomic E-state index is 0.0640. The molecule has 1 aliphatic carbocycles. The molecule has 0 atom stereocenters. The molecule has 1 amide bonds. The number of anilines is 2. The smallest absolute Gasteiger partial charge is 0.224 e. The molecule has 0 bridgehead atoms. The average molecular weight is 534 g/mol. The fourth-order valence-electron chi connectivity index (χ4n) is 6.44. The summed E-state index contributed by atoms with van der Waals surface area (Å²) >= 11 is 0. The van der Waals surface area contributed by atoms with Crippen LogP contribution in [-0.4, -0.2) is 44.1 Å². The van der Waals surface area contributed by atoms with Gasteiger partial charge in [0.15, 0.2) is 0 Å². The maximum Gasteiger partial charge on any atom is 0.224 e. The van der Waals surface area contributed by atoms with Crippen molar-refractivity contribution in [1.29, 1.82) is 0 Å². The first-order valence-corrected chi connectivity index (χ1v) is 14.7. The maximum absolute atomic E-state index is 12.7. The number of nitrogens with one attached hydrogen (secondary N) is 3. The number of aromatic amines is 2. The van der Waals surface area contributed by atoms with Crippen molar-refractivity contribution in [1.82, 2.24) is 25.1 Å². The lowest BCUT2D eigenvalue weighted by Crippen LogP contribution is -2.29. The molecule has 1 saturated carbocycles. The molecular formula is C32H35N7O. The molecule has 1 aromatic carbocycles. The summed E-state index contributed by atoms with van der Waals surface area (Å²) in [7, 11) is 0. The molecule has 4 aromatic heterocycles. The van der Waals surface area contributed by atoms with E-state index in [0.29, 0.717) is 18.0 Å². The van der Waals surface area contributed by atoms with E-state index in [1.54, 1.807) is 12.4 Å². The van der Waals surface area contributed by atoms with E-state index in [9.17, 15) is 4.79 Å². The first-order valence-electron chi connectivity index (χ1n) is 14.7. The first-order chi connectivity index (χ1) is 19.7. The number of carbonyl (C=O) groups excluding carboxylic acids is 1. The van der Waals surface area contributed by atoms with Crippen LogP contribution in [-0.2, 0) is 4.79 Å². The van der Waals surface area contributed by atoms with Gasteiger partial charge in [-0.05, 0) is 74.4 Å². The first kappa shape index (κ1) is 24.8. The van der Waals surface area contributed by atoms with Crippen molar-refractivity contribution in [3.63, 3.8) is 0 Å². The van der Waals surface area contributed by atoms with E-state index < -0.39 is 0 Å². The molecule has 0 spiro atoms. The molecule has 0 radical (unpaired) electrons. The third-order valence-corrected chi connectivity index (χ3v) is 8.52. The predicted molar refractivity (Wildman–Crippen MR) is 160 cm³/mol. The summed E-state index contributed by atoms with van der Waals surface area (Å²) in [6, 6.07) is 14.6. The Labute approximate surface area is 233 Å². The maximum atomic E-state index is 12.7. The van der Waals surface area contributed by atoms with Gasteiger partial charge in [0.25, 0.3) is 0 Å². The molecular weight excluding hydrogens is 498 g/mol. The van der Waals surface area contributed by atoms with Crippen molar-refractivity contribution in [2.75, 3.05) is 23.3 Å². The van der Waals surface area contributed by atoms with Crippen molar-refractivity contribution < 1.29 is 4.79 Å². The Kier molecular flexibility index (Phi) is 6.67. The summed E-state index contributed by atoms with van der Waals surface area (Å²) in [6.07, 6.45) is 13.9. The van der Waals surface area contributed by atoms with Crippen molar-refractivity contribution in [2.45, 2.75) is 57.8 Å². The predicted octanol–water partition coefficient (Wildman–Crippen LogP) is 7.07. The van der Waals surface area contributed by atoms with Crippen molar-refractivity contribution in [2.24, 2.45) is 5.92 Å². The highest BCUT2D eigenvalue weighted by atomic mass is 16.1. The zero-order valence-corrected chi connectivity index (χ0v) is 22.7. The number of pyridine rings is 2. The normalized spacial score (nSPS) is 16.6. The monoisotopic (exact) mass is 533 g/mol. The lowest BCUT2D eigenvalue weighted by Gasteiger charge is -2.29. The Bertz CT molecular complexity index is 1660. The number of amides is 1. The molecule has 5 aromatic rings. The van der Waals surface area contributed by atoms with E-state index in [0.717, 1.165) is 65.1 Å². The highest BCUT2D eigenvalue weighted by molar-refractivity contribution is 5.99. The largest absolute Gasteiger partial charge is 0.371 e. The number of piperidine rings is 1. The van der Waals surface area contributed by atoms with Gasteiger partial charge in [-0.1, -0.05) is 25.3 Å². The van der Waals surface area contributed by atoms with Gasteiger partial charge in [-0.25, -0.2) is 4.98 Å². The number of aromatic nitrogens is 5. The minimum atomic E-state index is 0.0640. The topological polar surface area (TPSA) is 103 Å². The molecule has 2 aliphatic rings. The van der Waals surface area contributed by atoms with E-state index in [4.69, 9.17) is 4.98 Å². The van der Waals surface area contributed by atoms with E-state index in [1.165, 1.54) is 49.6 Å². The van der Waals surface area contributed by atoms with Crippen LogP contribution in [0.1, 0.15) is 57.8 Å². The third-order valence-electron chi connectivity index (χ3n) is 8.52. The molecule has 2 fully saturated rings. The van der Waals surface area contributed by atoms with Crippen LogP contribution in [0.25, 0.3) is 44.6 Å². The Balaban J connectivity index is 1.17. The summed E-state index contributed by atoms with van der Waals surface area (Å²) < 4.78 is 0. The summed E-state index contributed by atoms with van der Waals surface area (Å²) in [5.74, 6) is 0.558. The van der Waals surface area contributed by atoms with Gasteiger partial charge < -0.3 is 15.2 Å². The Morgan fingerprint density at radius 1 is 0.950 bits per heavy atom. The summed E-state index contributed by atoms with van der Waals surface area (Å²) in [6.45, 7) is 2.20. The number of carbonyl (C=O) groups is 1. The highest BCUT2D eigenvalue weighted by Crippen LogP contribution is 2.35. The Morgan fingerprint density at radius 2 is 1.80 bits per heavy atom. The molecule has 1 aliphatic heterocycles. The third kappa shape index (κ3) is 4.94. The molecule has 8 nitrogen and oxygen atoms in total. The molecule has 40 heavy (non-hydrogen) atoms. The fourth-order valence-corrected chi connectivity index (χ4v) is 6.44. The lowest BCUT2D eigenvalue weighted by atomic mass is 9.87. The second kappa shape index (κ2) is 10.8. The fraction of sp³-hybridized carbons (Fsp3) is 0.375. The standard InChI is InChI=1S/C32H35N7O/c40-30(16-21-8-3-1-4-9-21)34-23-17-22(19-33-20-23)25-12-13-27-31(36-25)32(38-37-27)28-18-24-26(35-28)10-7-11-29(24)39-14-5-2-6-15-39/h7,10-13,17-21,35H,1-6,8-9,14-16H2,(H,34,40)(H,37,38). The van der Waals surface area contributed by atoms with Crippen LogP contribution in [0.15, 0.2) is 54.9 Å². The van der Waals surface area contributed by atoms with Crippen LogP contribution in [0.4, 0.5) is 11.4 Å². The number of fused-ring (bicyclic) bond motifs is 2. The van der Waals surface area contributed by atoms with Gasteiger partial charge in [0.1, 0.15) is 11.2 Å². The van der Waals surface area contributed by atoms with E-state index >= 15 is 0 Å². The van der Waals surface area contributed by atoms with Gasteiger partial charge in [-0.3, -0.25) is 14.9 Å². The zero-order valence-electron chi connectivity index (χ0n) is 22.7. The van der Waals surface area contributed by atoms with E-state index in [2.05, 4.69) is 54.6 Å². The molecule has 8 heteroatoms. The van der Waals surface area contributed by atoms with Gasteiger partial charge in [0.2, 0.25) is 5.91 Å². The number of hydrogen-bond donors (Lipinski definition) is 3. The summed E-state index contributed by atoms with van der Waals surface area (Å²) in [5, 5.41) is 12.1. The van der Waals surface area contributed by atoms with Gasteiger partial charge in [-0.15, -0.1) is 0 Å². The summed E-state index contributed by atoms with van der Waals surface area (Å²) in [4.78, 5) is 28.2. The van der Waals surface area contributed by atoms with Crippen molar-refractivity contribution in [3.8, 4) is 22.6 Å². The molecule has 204 valence electrons. The van der Waals surface area contributed by atoms with Gasteiger partial charge >= 0.3 is 0 Å². The van der Waals surface area contributed by atoms with Crippen LogP contribution < -0.4 is 10.2 Å². The number of H-pyrrole nitrogens is 2. The second-order valence-electron chi connectivity index (χ2n) is 11.4. The second-order valence-corrected chi connectivity index (χ2v) is 11.4. The van der Waals surface area contributed by atoms with Crippen LogP contribution >= 0.6 is 0 Å². The molecule has 1 saturated heterocycles. The summed E-state index contributed by atoms with van der Waals surface area (Å²) in [5.41, 5.74) is 8.14. The lowest BCUT2D eigenvalue weighted by molar-refractivity contribution is -0.117. The van der Waals surface area contributed by atoms with Crippen molar-refractivity contribution >= 4 is 39.2 Å². The quantitative estimate of drug-likeness (QED) is 0.217. The van der Waals surface area contributed by atoms with Crippen LogP contribution in [0.2, 0.25) is 0 Å². The molecule has 7 rings (SSSR count). The SMILES string of the molecule is O=C(CC1CCCCC1)Nc1cncc(-c2ccc3[nH]nc(-c4cc5c(N6CCCCC6)cccc5[nH]4)c3n2)c1. The van der Waals surface area contributed by atoms with E-state index in [1.807, 2.05) is 18.2 Å². The molecule has 5 heterocycles. The molecule has 3 N–H and O–H groups in total. The number of nitrogens with zero attached hydrogens (tertiary/aromatic N) is 4. The Morgan fingerprint density at radius 3 is 2.67 bits per heavy atom. The number of rotatable bonds is 6.